The lowest BCUT2D eigenvalue weighted by Crippen LogP contribution is -2.35. The summed E-state index contributed by atoms with van der Waals surface area (Å²) in [5.74, 6) is 1.38. The fraction of sp³-hybridized carbons (Fsp3) is 0.500. The van der Waals surface area contributed by atoms with Gasteiger partial charge >= 0.3 is 0 Å². The Bertz CT molecular complexity index is 467. The molecule has 1 saturated heterocycles. The summed E-state index contributed by atoms with van der Waals surface area (Å²) in [5, 5.41) is 3.42. The number of likely N-dealkylation sites (N-methyl/N-ethyl adjacent to an activating group) is 1. The number of carbonyl (C=O) groups is 1. The van der Waals surface area contributed by atoms with E-state index < -0.39 is 0 Å². The Morgan fingerprint density at radius 3 is 3.11 bits per heavy atom. The Balaban J connectivity index is 1.91. The summed E-state index contributed by atoms with van der Waals surface area (Å²) in [4.78, 5) is 13.3. The van der Waals surface area contributed by atoms with Crippen LogP contribution in [0.15, 0.2) is 18.2 Å². The first-order valence-electron chi connectivity index (χ1n) is 6.50. The second kappa shape index (κ2) is 4.61. The maximum atomic E-state index is 11.6. The molecule has 0 spiro atoms. The van der Waals surface area contributed by atoms with Gasteiger partial charge in [0, 0.05) is 13.6 Å². The Labute approximate surface area is 107 Å². The van der Waals surface area contributed by atoms with Crippen LogP contribution in [-0.4, -0.2) is 32.7 Å². The Kier molecular flexibility index (Phi) is 2.96. The maximum absolute atomic E-state index is 11.6. The van der Waals surface area contributed by atoms with Crippen molar-refractivity contribution in [2.75, 3.05) is 31.6 Å². The van der Waals surface area contributed by atoms with Gasteiger partial charge in [0.2, 0.25) is 0 Å². The van der Waals surface area contributed by atoms with Crippen LogP contribution in [0.2, 0.25) is 0 Å². The number of hydrogen-bond acceptors (Lipinski definition) is 3. The number of anilines is 1. The van der Waals surface area contributed by atoms with E-state index in [1.54, 1.807) is 4.90 Å². The molecule has 1 fully saturated rings. The van der Waals surface area contributed by atoms with E-state index in [0.29, 0.717) is 5.92 Å². The van der Waals surface area contributed by atoms with E-state index in [0.717, 1.165) is 24.5 Å². The van der Waals surface area contributed by atoms with E-state index >= 15 is 0 Å². The minimum atomic E-state index is 0.0152. The van der Waals surface area contributed by atoms with Gasteiger partial charge in [0.05, 0.1) is 5.69 Å². The first-order valence-corrected chi connectivity index (χ1v) is 6.50. The number of carbonyl (C=O) groups excluding carboxylic acids is 1. The van der Waals surface area contributed by atoms with Crippen LogP contribution in [0.4, 0.5) is 5.69 Å². The van der Waals surface area contributed by atoms with Crippen molar-refractivity contribution in [3.63, 3.8) is 0 Å². The molecule has 0 aliphatic carbocycles. The lowest BCUT2D eigenvalue weighted by molar-refractivity contribution is -0.120. The van der Waals surface area contributed by atoms with E-state index in [1.165, 1.54) is 18.4 Å². The highest BCUT2D eigenvalue weighted by Gasteiger charge is 2.24. The molecular formula is C14H18N2O2. The number of nitrogens with zero attached hydrogens (tertiary/aromatic N) is 1. The zero-order valence-electron chi connectivity index (χ0n) is 10.6. The van der Waals surface area contributed by atoms with Crippen molar-refractivity contribution in [1.82, 2.24) is 5.32 Å². The molecule has 0 saturated carbocycles. The van der Waals surface area contributed by atoms with E-state index in [-0.39, 0.29) is 12.5 Å². The molecule has 4 heteroatoms. The number of fused-ring (bicyclic) bond motifs is 1. The summed E-state index contributed by atoms with van der Waals surface area (Å²) in [7, 11) is 1.81. The molecule has 3 rings (SSSR count). The van der Waals surface area contributed by atoms with E-state index in [1.807, 2.05) is 13.1 Å². The van der Waals surface area contributed by atoms with Crippen molar-refractivity contribution in [1.29, 1.82) is 0 Å². The molecule has 0 radical (unpaired) electrons. The second-order valence-electron chi connectivity index (χ2n) is 5.01. The highest BCUT2D eigenvalue weighted by Crippen LogP contribution is 2.35. The molecule has 2 aliphatic rings. The molecule has 0 aromatic heterocycles. The molecule has 1 aromatic rings. The predicted molar refractivity (Wildman–Crippen MR) is 70.2 cm³/mol. The number of piperidine rings is 1. The lowest BCUT2D eigenvalue weighted by Gasteiger charge is -2.29. The summed E-state index contributed by atoms with van der Waals surface area (Å²) in [6.07, 6.45) is 2.43. The van der Waals surface area contributed by atoms with Crippen LogP contribution < -0.4 is 15.0 Å². The minimum absolute atomic E-state index is 0.0152. The van der Waals surface area contributed by atoms with Gasteiger partial charge in [0.1, 0.15) is 5.75 Å². The molecule has 1 amide bonds. The highest BCUT2D eigenvalue weighted by atomic mass is 16.5. The predicted octanol–water partition coefficient (Wildman–Crippen LogP) is 1.51. The minimum Gasteiger partial charge on any atom is -0.482 e. The summed E-state index contributed by atoms with van der Waals surface area (Å²) >= 11 is 0. The van der Waals surface area contributed by atoms with Crippen LogP contribution in [0.5, 0.6) is 5.75 Å². The molecular weight excluding hydrogens is 228 g/mol. The molecule has 2 aliphatic heterocycles. The molecule has 1 unspecified atom stereocenters. The smallest absolute Gasteiger partial charge is 0.264 e. The van der Waals surface area contributed by atoms with Crippen molar-refractivity contribution in [2.45, 2.75) is 18.8 Å². The fourth-order valence-corrected chi connectivity index (χ4v) is 2.68. The zero-order chi connectivity index (χ0) is 12.5. The van der Waals surface area contributed by atoms with Crippen molar-refractivity contribution in [2.24, 2.45) is 0 Å². The van der Waals surface area contributed by atoms with Crippen LogP contribution >= 0.6 is 0 Å². The van der Waals surface area contributed by atoms with Gasteiger partial charge in [0.15, 0.2) is 6.61 Å². The van der Waals surface area contributed by atoms with Gasteiger partial charge in [-0.1, -0.05) is 6.07 Å². The third-order valence-electron chi connectivity index (χ3n) is 3.84. The quantitative estimate of drug-likeness (QED) is 0.816. The topological polar surface area (TPSA) is 41.6 Å². The van der Waals surface area contributed by atoms with E-state index in [2.05, 4.69) is 17.4 Å². The fourth-order valence-electron chi connectivity index (χ4n) is 2.68. The average Bonchev–Trinajstić information content (AvgIpc) is 2.44. The average molecular weight is 246 g/mol. The van der Waals surface area contributed by atoms with Crippen LogP contribution in [0.1, 0.15) is 24.3 Å². The molecule has 1 aromatic carbocycles. The third-order valence-corrected chi connectivity index (χ3v) is 3.84. The SMILES string of the molecule is CN1C(=O)COc2ccc(C3CCCNC3)cc21. The largest absolute Gasteiger partial charge is 0.482 e. The number of ether oxygens (including phenoxy) is 1. The standard InChI is InChI=1S/C14H18N2O2/c1-16-12-7-10(11-3-2-6-15-8-11)4-5-13(12)18-9-14(16)17/h4-5,7,11,15H,2-3,6,8-9H2,1H3. The monoisotopic (exact) mass is 246 g/mol. The zero-order valence-corrected chi connectivity index (χ0v) is 10.6. The number of hydrogen-bond donors (Lipinski definition) is 1. The van der Waals surface area contributed by atoms with Gasteiger partial charge in [-0.05, 0) is 43.0 Å². The Morgan fingerprint density at radius 1 is 1.44 bits per heavy atom. The van der Waals surface area contributed by atoms with Gasteiger partial charge in [-0.2, -0.15) is 0 Å². The third kappa shape index (κ3) is 1.97. The van der Waals surface area contributed by atoms with Crippen LogP contribution in [-0.2, 0) is 4.79 Å². The summed E-state index contributed by atoms with van der Waals surface area (Å²) in [6, 6.07) is 6.21. The summed E-state index contributed by atoms with van der Waals surface area (Å²) < 4.78 is 5.44. The van der Waals surface area contributed by atoms with E-state index in [9.17, 15) is 4.79 Å². The van der Waals surface area contributed by atoms with Crippen molar-refractivity contribution in [3.05, 3.63) is 23.8 Å². The molecule has 18 heavy (non-hydrogen) atoms. The number of amides is 1. The van der Waals surface area contributed by atoms with Crippen molar-refractivity contribution in [3.8, 4) is 5.75 Å². The molecule has 0 bridgehead atoms. The van der Waals surface area contributed by atoms with Crippen molar-refractivity contribution >= 4 is 11.6 Å². The lowest BCUT2D eigenvalue weighted by atomic mass is 9.91. The van der Waals surface area contributed by atoms with Crippen LogP contribution in [0.25, 0.3) is 0 Å². The Hall–Kier alpha value is -1.55. The Morgan fingerprint density at radius 2 is 2.33 bits per heavy atom. The molecule has 1 N–H and O–H groups in total. The molecule has 2 heterocycles. The maximum Gasteiger partial charge on any atom is 0.264 e. The van der Waals surface area contributed by atoms with Crippen molar-refractivity contribution < 1.29 is 9.53 Å². The molecule has 1 atom stereocenters. The van der Waals surface area contributed by atoms with Gasteiger partial charge in [-0.3, -0.25) is 4.79 Å². The first-order chi connectivity index (χ1) is 8.75. The van der Waals surface area contributed by atoms with Crippen LogP contribution in [0, 0.1) is 0 Å². The van der Waals surface area contributed by atoms with Crippen LogP contribution in [0.3, 0.4) is 0 Å². The van der Waals surface area contributed by atoms with E-state index in [4.69, 9.17) is 4.74 Å². The number of benzene rings is 1. The molecule has 4 nitrogen and oxygen atoms in total. The van der Waals surface area contributed by atoms with Gasteiger partial charge in [-0.25, -0.2) is 0 Å². The number of rotatable bonds is 1. The van der Waals surface area contributed by atoms with Gasteiger partial charge < -0.3 is 15.0 Å². The summed E-state index contributed by atoms with van der Waals surface area (Å²) in [5.41, 5.74) is 2.19. The summed E-state index contributed by atoms with van der Waals surface area (Å²) in [6.45, 7) is 2.29. The van der Waals surface area contributed by atoms with Gasteiger partial charge in [-0.15, -0.1) is 0 Å². The molecule has 96 valence electrons. The normalized spacial score (nSPS) is 23.5. The highest BCUT2D eigenvalue weighted by molar-refractivity contribution is 5.97. The van der Waals surface area contributed by atoms with Gasteiger partial charge in [0.25, 0.3) is 5.91 Å². The second-order valence-corrected chi connectivity index (χ2v) is 5.01. The number of nitrogens with one attached hydrogen (secondary N) is 1. The first kappa shape index (κ1) is 11.5.